The lowest BCUT2D eigenvalue weighted by molar-refractivity contribution is -0.126. The van der Waals surface area contributed by atoms with Crippen molar-refractivity contribution in [3.05, 3.63) is 65.7 Å². The molecule has 3 amide bonds. The topological polar surface area (TPSA) is 96.5 Å². The summed E-state index contributed by atoms with van der Waals surface area (Å²) in [6, 6.07) is 15.9. The SMILES string of the molecule is COc1ccc(C(=O)NNC(=O)CCC(=O)NCc2ccccc2)cc1. The van der Waals surface area contributed by atoms with Crippen LogP contribution in [0, 0.1) is 0 Å². The number of benzene rings is 2. The largest absolute Gasteiger partial charge is 0.497 e. The quantitative estimate of drug-likeness (QED) is 0.657. The number of nitrogens with one attached hydrogen (secondary N) is 3. The van der Waals surface area contributed by atoms with Crippen molar-refractivity contribution in [3.8, 4) is 5.75 Å². The minimum atomic E-state index is -0.450. The highest BCUT2D eigenvalue weighted by molar-refractivity contribution is 5.95. The molecule has 0 aromatic heterocycles. The highest BCUT2D eigenvalue weighted by atomic mass is 16.5. The summed E-state index contributed by atoms with van der Waals surface area (Å²) < 4.78 is 5.01. The van der Waals surface area contributed by atoms with Gasteiger partial charge in [-0.3, -0.25) is 25.2 Å². The molecule has 0 atom stereocenters. The first-order valence-electron chi connectivity index (χ1n) is 8.12. The molecule has 2 rings (SSSR count). The highest BCUT2D eigenvalue weighted by Crippen LogP contribution is 2.10. The summed E-state index contributed by atoms with van der Waals surface area (Å²) in [5, 5.41) is 2.74. The fourth-order valence-electron chi connectivity index (χ4n) is 2.12. The molecular formula is C19H21N3O4. The Bertz CT molecular complexity index is 745. The van der Waals surface area contributed by atoms with Gasteiger partial charge in [0.05, 0.1) is 7.11 Å². The second-order valence-corrected chi connectivity index (χ2v) is 5.49. The zero-order valence-corrected chi connectivity index (χ0v) is 14.5. The van der Waals surface area contributed by atoms with E-state index in [1.807, 2.05) is 30.3 Å². The first-order chi connectivity index (χ1) is 12.6. The Morgan fingerprint density at radius 3 is 2.15 bits per heavy atom. The lowest BCUT2D eigenvalue weighted by Gasteiger charge is -2.08. The molecule has 0 radical (unpaired) electrons. The van der Waals surface area contributed by atoms with E-state index in [2.05, 4.69) is 16.2 Å². The minimum absolute atomic E-state index is 0.0243. The van der Waals surface area contributed by atoms with Gasteiger partial charge in [-0.2, -0.15) is 0 Å². The van der Waals surface area contributed by atoms with Crippen LogP contribution in [0.2, 0.25) is 0 Å². The summed E-state index contributed by atoms with van der Waals surface area (Å²) >= 11 is 0. The van der Waals surface area contributed by atoms with Crippen molar-refractivity contribution in [3.63, 3.8) is 0 Å². The lowest BCUT2D eigenvalue weighted by atomic mass is 10.2. The summed E-state index contributed by atoms with van der Waals surface area (Å²) in [5.74, 6) is -0.492. The van der Waals surface area contributed by atoms with Crippen molar-refractivity contribution in [1.82, 2.24) is 16.2 Å². The molecule has 26 heavy (non-hydrogen) atoms. The number of hydrazine groups is 1. The van der Waals surface area contributed by atoms with Crippen LogP contribution in [0.5, 0.6) is 5.75 Å². The average molecular weight is 355 g/mol. The Labute approximate surface area is 151 Å². The molecule has 0 aliphatic rings. The molecule has 0 spiro atoms. The van der Waals surface area contributed by atoms with Gasteiger partial charge in [-0.15, -0.1) is 0 Å². The maximum absolute atomic E-state index is 11.9. The van der Waals surface area contributed by atoms with Crippen molar-refractivity contribution < 1.29 is 19.1 Å². The van der Waals surface area contributed by atoms with Gasteiger partial charge < -0.3 is 10.1 Å². The summed E-state index contributed by atoms with van der Waals surface area (Å²) in [7, 11) is 1.53. The third-order valence-corrected chi connectivity index (χ3v) is 3.58. The molecule has 0 aliphatic carbocycles. The zero-order chi connectivity index (χ0) is 18.8. The molecule has 0 saturated heterocycles. The van der Waals surface area contributed by atoms with Crippen LogP contribution >= 0.6 is 0 Å². The van der Waals surface area contributed by atoms with Crippen molar-refractivity contribution >= 4 is 17.7 Å². The zero-order valence-electron chi connectivity index (χ0n) is 14.5. The normalized spacial score (nSPS) is 9.88. The number of methoxy groups -OCH3 is 1. The van der Waals surface area contributed by atoms with E-state index < -0.39 is 11.8 Å². The van der Waals surface area contributed by atoms with Crippen LogP contribution in [0.3, 0.4) is 0 Å². The number of ether oxygens (including phenoxy) is 1. The van der Waals surface area contributed by atoms with Crippen LogP contribution in [0.1, 0.15) is 28.8 Å². The second kappa shape index (κ2) is 9.83. The van der Waals surface area contributed by atoms with Crippen LogP contribution in [-0.4, -0.2) is 24.8 Å². The van der Waals surface area contributed by atoms with Crippen LogP contribution in [0.15, 0.2) is 54.6 Å². The first kappa shape index (κ1) is 19.0. The summed E-state index contributed by atoms with van der Waals surface area (Å²) in [4.78, 5) is 35.4. The molecule has 0 aliphatic heterocycles. The molecular weight excluding hydrogens is 334 g/mol. The van der Waals surface area contributed by atoms with E-state index in [4.69, 9.17) is 4.74 Å². The molecule has 0 fully saturated rings. The predicted molar refractivity (Wildman–Crippen MR) is 96.1 cm³/mol. The summed E-state index contributed by atoms with van der Waals surface area (Å²) in [5.41, 5.74) is 5.96. The molecule has 7 nitrogen and oxygen atoms in total. The van der Waals surface area contributed by atoms with Crippen molar-refractivity contribution in [2.45, 2.75) is 19.4 Å². The fraction of sp³-hybridized carbons (Fsp3) is 0.211. The maximum Gasteiger partial charge on any atom is 0.269 e. The molecule has 0 bridgehead atoms. The predicted octanol–water partition coefficient (Wildman–Crippen LogP) is 1.55. The monoisotopic (exact) mass is 355 g/mol. The van der Waals surface area contributed by atoms with Gasteiger partial charge in [0, 0.05) is 24.9 Å². The van der Waals surface area contributed by atoms with Gasteiger partial charge in [-0.05, 0) is 29.8 Å². The van der Waals surface area contributed by atoms with E-state index in [-0.39, 0.29) is 18.7 Å². The average Bonchev–Trinajstić information content (AvgIpc) is 2.69. The second-order valence-electron chi connectivity index (χ2n) is 5.49. The number of hydrogen-bond donors (Lipinski definition) is 3. The van der Waals surface area contributed by atoms with Gasteiger partial charge in [0.25, 0.3) is 5.91 Å². The van der Waals surface area contributed by atoms with Crippen molar-refractivity contribution in [2.75, 3.05) is 7.11 Å². The third kappa shape index (κ3) is 6.27. The minimum Gasteiger partial charge on any atom is -0.497 e. The molecule has 2 aromatic rings. The number of carbonyl (C=O) groups excluding carboxylic acids is 3. The van der Waals surface area contributed by atoms with Gasteiger partial charge in [0.15, 0.2) is 0 Å². The summed E-state index contributed by atoms with van der Waals surface area (Å²) in [6.07, 6.45) is 0.0145. The Morgan fingerprint density at radius 2 is 1.50 bits per heavy atom. The van der Waals surface area contributed by atoms with E-state index >= 15 is 0 Å². The Balaban J connectivity index is 1.66. The first-order valence-corrected chi connectivity index (χ1v) is 8.12. The highest BCUT2D eigenvalue weighted by Gasteiger charge is 2.09. The number of carbonyl (C=O) groups is 3. The van der Waals surface area contributed by atoms with E-state index in [9.17, 15) is 14.4 Å². The van der Waals surface area contributed by atoms with Gasteiger partial charge >= 0.3 is 0 Å². The Morgan fingerprint density at radius 1 is 0.846 bits per heavy atom. The fourth-order valence-corrected chi connectivity index (χ4v) is 2.12. The molecule has 0 unspecified atom stereocenters. The van der Waals surface area contributed by atoms with E-state index in [0.717, 1.165) is 5.56 Å². The Hall–Kier alpha value is -3.35. The maximum atomic E-state index is 11.9. The Kier molecular flexibility index (Phi) is 7.17. The van der Waals surface area contributed by atoms with Crippen molar-refractivity contribution in [1.29, 1.82) is 0 Å². The lowest BCUT2D eigenvalue weighted by Crippen LogP contribution is -2.42. The molecule has 136 valence electrons. The third-order valence-electron chi connectivity index (χ3n) is 3.58. The number of hydrogen-bond acceptors (Lipinski definition) is 4. The van der Waals surface area contributed by atoms with Crippen LogP contribution in [0.4, 0.5) is 0 Å². The van der Waals surface area contributed by atoms with E-state index in [0.29, 0.717) is 17.9 Å². The van der Waals surface area contributed by atoms with Gasteiger partial charge in [-0.1, -0.05) is 30.3 Å². The molecule has 7 heteroatoms. The van der Waals surface area contributed by atoms with Crippen LogP contribution < -0.4 is 20.9 Å². The standard InChI is InChI=1S/C19H21N3O4/c1-26-16-9-7-15(8-10-16)19(25)22-21-18(24)12-11-17(23)20-13-14-5-3-2-4-6-14/h2-10H,11-13H2,1H3,(H,20,23)(H,21,24)(H,22,25). The van der Waals surface area contributed by atoms with Crippen molar-refractivity contribution in [2.24, 2.45) is 0 Å². The number of rotatable bonds is 7. The van der Waals surface area contributed by atoms with Crippen LogP contribution in [-0.2, 0) is 16.1 Å². The summed E-state index contributed by atoms with van der Waals surface area (Å²) in [6.45, 7) is 0.412. The van der Waals surface area contributed by atoms with E-state index in [1.54, 1.807) is 24.3 Å². The molecule has 0 saturated carbocycles. The molecule has 2 aromatic carbocycles. The van der Waals surface area contributed by atoms with Gasteiger partial charge in [0.2, 0.25) is 11.8 Å². The molecule has 3 N–H and O–H groups in total. The smallest absolute Gasteiger partial charge is 0.269 e. The number of amides is 3. The molecule has 0 heterocycles. The van der Waals surface area contributed by atoms with E-state index in [1.165, 1.54) is 7.11 Å². The van der Waals surface area contributed by atoms with Gasteiger partial charge in [0.1, 0.15) is 5.75 Å². The van der Waals surface area contributed by atoms with Crippen LogP contribution in [0.25, 0.3) is 0 Å². The van der Waals surface area contributed by atoms with Gasteiger partial charge in [-0.25, -0.2) is 0 Å².